The molecule has 0 aliphatic heterocycles. The zero-order valence-corrected chi connectivity index (χ0v) is 10.8. The zero-order chi connectivity index (χ0) is 12.4. The Morgan fingerprint density at radius 2 is 2.12 bits per heavy atom. The maximum absolute atomic E-state index is 5.79. The molecule has 1 aromatic heterocycles. The highest BCUT2D eigenvalue weighted by atomic mass is 15.1. The van der Waals surface area contributed by atoms with Crippen molar-refractivity contribution in [2.45, 2.75) is 12.8 Å². The van der Waals surface area contributed by atoms with Crippen LogP contribution in [0.5, 0.6) is 0 Å². The predicted molar refractivity (Wildman–Crippen MR) is 72.0 cm³/mol. The van der Waals surface area contributed by atoms with Crippen molar-refractivity contribution in [2.24, 2.45) is 7.05 Å². The fourth-order valence-electron chi connectivity index (χ4n) is 2.01. The molecule has 2 N–H and O–H groups in total. The van der Waals surface area contributed by atoms with Crippen molar-refractivity contribution in [1.29, 1.82) is 0 Å². The third-order valence-electron chi connectivity index (χ3n) is 3.05. The quantitative estimate of drug-likeness (QED) is 0.872. The highest BCUT2D eigenvalue weighted by Crippen LogP contribution is 2.18. The van der Waals surface area contributed by atoms with Crippen molar-refractivity contribution in [3.05, 3.63) is 23.8 Å². The van der Waals surface area contributed by atoms with Crippen molar-refractivity contribution in [2.75, 3.05) is 26.4 Å². The van der Waals surface area contributed by atoms with E-state index in [1.165, 1.54) is 12.0 Å². The second kappa shape index (κ2) is 4.75. The van der Waals surface area contributed by atoms with Gasteiger partial charge in [-0.05, 0) is 51.2 Å². The molecule has 0 saturated carbocycles. The molecule has 0 spiro atoms. The molecule has 4 heteroatoms. The second-order valence-corrected chi connectivity index (χ2v) is 4.76. The van der Waals surface area contributed by atoms with E-state index >= 15 is 0 Å². The van der Waals surface area contributed by atoms with Crippen LogP contribution in [0.3, 0.4) is 0 Å². The highest BCUT2D eigenvalue weighted by Gasteiger charge is 2.05. The molecule has 0 bridgehead atoms. The smallest absolute Gasteiger partial charge is 0.200 e. The van der Waals surface area contributed by atoms with Gasteiger partial charge in [-0.3, -0.25) is 0 Å². The molecule has 1 aromatic carbocycles. The van der Waals surface area contributed by atoms with E-state index in [4.69, 9.17) is 5.73 Å². The predicted octanol–water partition coefficient (Wildman–Crippen LogP) is 1.65. The molecular formula is C13H20N4. The molecule has 0 aliphatic carbocycles. The average molecular weight is 232 g/mol. The Morgan fingerprint density at radius 3 is 2.82 bits per heavy atom. The Kier molecular flexibility index (Phi) is 3.33. The Morgan fingerprint density at radius 1 is 1.35 bits per heavy atom. The minimum atomic E-state index is 0.574. The van der Waals surface area contributed by atoms with E-state index < -0.39 is 0 Å². The van der Waals surface area contributed by atoms with Crippen LogP contribution >= 0.6 is 0 Å². The first-order valence-electron chi connectivity index (χ1n) is 5.93. The van der Waals surface area contributed by atoms with Gasteiger partial charge in [0.25, 0.3) is 0 Å². The van der Waals surface area contributed by atoms with Gasteiger partial charge in [0.2, 0.25) is 5.95 Å². The summed E-state index contributed by atoms with van der Waals surface area (Å²) in [6, 6.07) is 6.38. The molecular weight excluding hydrogens is 212 g/mol. The molecule has 0 radical (unpaired) electrons. The summed E-state index contributed by atoms with van der Waals surface area (Å²) < 4.78 is 1.94. The third kappa shape index (κ3) is 2.58. The summed E-state index contributed by atoms with van der Waals surface area (Å²) in [6.07, 6.45) is 2.27. The fraction of sp³-hybridized carbons (Fsp3) is 0.462. The Hall–Kier alpha value is -1.55. The van der Waals surface area contributed by atoms with Gasteiger partial charge in [-0.1, -0.05) is 6.07 Å². The maximum Gasteiger partial charge on any atom is 0.200 e. The average Bonchev–Trinajstić information content (AvgIpc) is 2.55. The number of hydrogen-bond donors (Lipinski definition) is 1. The zero-order valence-electron chi connectivity index (χ0n) is 10.8. The normalized spacial score (nSPS) is 11.5. The number of anilines is 1. The first kappa shape index (κ1) is 11.9. The Balaban J connectivity index is 2.16. The van der Waals surface area contributed by atoms with Crippen LogP contribution in [0.1, 0.15) is 12.0 Å². The number of nitrogens with two attached hydrogens (primary N) is 1. The van der Waals surface area contributed by atoms with Gasteiger partial charge in [-0.25, -0.2) is 4.98 Å². The lowest BCUT2D eigenvalue weighted by atomic mass is 10.1. The van der Waals surface area contributed by atoms with Crippen molar-refractivity contribution < 1.29 is 0 Å². The van der Waals surface area contributed by atoms with Gasteiger partial charge >= 0.3 is 0 Å². The van der Waals surface area contributed by atoms with E-state index in [9.17, 15) is 0 Å². The molecule has 0 aliphatic rings. The van der Waals surface area contributed by atoms with E-state index in [2.05, 4.69) is 42.2 Å². The van der Waals surface area contributed by atoms with Gasteiger partial charge in [0.1, 0.15) is 0 Å². The van der Waals surface area contributed by atoms with Crippen LogP contribution in [0, 0.1) is 0 Å². The summed E-state index contributed by atoms with van der Waals surface area (Å²) in [7, 11) is 6.16. The highest BCUT2D eigenvalue weighted by molar-refractivity contribution is 5.78. The van der Waals surface area contributed by atoms with Crippen LogP contribution < -0.4 is 5.73 Å². The number of hydrogen-bond acceptors (Lipinski definition) is 3. The molecule has 0 amide bonds. The second-order valence-electron chi connectivity index (χ2n) is 4.76. The van der Waals surface area contributed by atoms with Crippen molar-refractivity contribution in [1.82, 2.24) is 14.5 Å². The molecule has 2 aromatic rings. The first-order chi connectivity index (χ1) is 8.08. The monoisotopic (exact) mass is 232 g/mol. The third-order valence-corrected chi connectivity index (χ3v) is 3.05. The lowest BCUT2D eigenvalue weighted by Crippen LogP contribution is -2.13. The van der Waals surface area contributed by atoms with Crippen LogP contribution in [-0.2, 0) is 13.5 Å². The van der Waals surface area contributed by atoms with E-state index in [-0.39, 0.29) is 0 Å². The molecule has 0 fully saturated rings. The van der Waals surface area contributed by atoms with Crippen molar-refractivity contribution in [3.63, 3.8) is 0 Å². The van der Waals surface area contributed by atoms with Gasteiger partial charge in [-0.2, -0.15) is 0 Å². The van der Waals surface area contributed by atoms with Crippen molar-refractivity contribution in [3.8, 4) is 0 Å². The number of aromatic nitrogens is 2. The molecule has 17 heavy (non-hydrogen) atoms. The number of rotatable bonds is 4. The van der Waals surface area contributed by atoms with Crippen LogP contribution in [0.4, 0.5) is 5.95 Å². The molecule has 1 heterocycles. The standard InChI is InChI=1S/C13H20N4/c1-16(2)8-4-5-10-6-7-11-12(9-10)17(3)13(14)15-11/h6-7,9H,4-5,8H2,1-3H3,(H2,14,15). The lowest BCUT2D eigenvalue weighted by Gasteiger charge is -2.09. The van der Waals surface area contributed by atoms with Crippen LogP contribution in [0.2, 0.25) is 0 Å². The molecule has 0 atom stereocenters. The van der Waals surface area contributed by atoms with E-state index in [0.29, 0.717) is 5.95 Å². The van der Waals surface area contributed by atoms with Crippen LogP contribution in [0.25, 0.3) is 11.0 Å². The van der Waals surface area contributed by atoms with E-state index in [1.54, 1.807) is 0 Å². The van der Waals surface area contributed by atoms with E-state index in [0.717, 1.165) is 24.0 Å². The number of aryl methyl sites for hydroxylation is 2. The van der Waals surface area contributed by atoms with Gasteiger partial charge in [0.05, 0.1) is 11.0 Å². The number of nitrogen functional groups attached to an aromatic ring is 1. The largest absolute Gasteiger partial charge is 0.369 e. The van der Waals surface area contributed by atoms with Crippen LogP contribution in [0.15, 0.2) is 18.2 Å². The van der Waals surface area contributed by atoms with Gasteiger partial charge in [0.15, 0.2) is 0 Å². The molecule has 4 nitrogen and oxygen atoms in total. The lowest BCUT2D eigenvalue weighted by molar-refractivity contribution is 0.400. The molecule has 0 saturated heterocycles. The summed E-state index contributed by atoms with van der Waals surface area (Å²) in [5, 5.41) is 0. The molecule has 92 valence electrons. The summed E-state index contributed by atoms with van der Waals surface area (Å²) in [5.41, 5.74) is 9.23. The Bertz CT molecular complexity index is 513. The van der Waals surface area contributed by atoms with Gasteiger partial charge in [-0.15, -0.1) is 0 Å². The SMILES string of the molecule is CN(C)CCCc1ccc2nc(N)n(C)c2c1. The summed E-state index contributed by atoms with van der Waals surface area (Å²) in [5.74, 6) is 0.574. The van der Waals surface area contributed by atoms with Crippen molar-refractivity contribution >= 4 is 17.0 Å². The number of nitrogens with zero attached hydrogens (tertiary/aromatic N) is 3. The number of fused-ring (bicyclic) bond motifs is 1. The molecule has 0 unspecified atom stereocenters. The number of imidazole rings is 1. The Labute approximate surface area is 102 Å². The molecule has 2 rings (SSSR count). The van der Waals surface area contributed by atoms with Crippen LogP contribution in [-0.4, -0.2) is 35.1 Å². The fourth-order valence-corrected chi connectivity index (χ4v) is 2.01. The number of benzene rings is 1. The topological polar surface area (TPSA) is 47.1 Å². The summed E-state index contributed by atoms with van der Waals surface area (Å²) in [4.78, 5) is 6.50. The summed E-state index contributed by atoms with van der Waals surface area (Å²) >= 11 is 0. The maximum atomic E-state index is 5.79. The van der Waals surface area contributed by atoms with Gasteiger partial charge in [0, 0.05) is 7.05 Å². The van der Waals surface area contributed by atoms with E-state index in [1.807, 2.05) is 11.6 Å². The minimum Gasteiger partial charge on any atom is -0.369 e. The summed E-state index contributed by atoms with van der Waals surface area (Å²) in [6.45, 7) is 1.12. The van der Waals surface area contributed by atoms with Gasteiger partial charge < -0.3 is 15.2 Å². The minimum absolute atomic E-state index is 0.574. The first-order valence-corrected chi connectivity index (χ1v) is 5.93.